The van der Waals surface area contributed by atoms with Gasteiger partial charge in [-0.1, -0.05) is 222 Å². The number of nitrogens with zero attached hydrogens (tertiary/aromatic N) is 4. The van der Waals surface area contributed by atoms with Gasteiger partial charge in [-0.15, -0.1) is 0 Å². The zero-order valence-electron chi connectivity index (χ0n) is 78.9. The lowest BCUT2D eigenvalue weighted by Gasteiger charge is -2.27. The molecule has 0 amide bonds. The Kier molecular flexibility index (Phi) is 39.4. The highest BCUT2D eigenvalue weighted by Crippen LogP contribution is 2.41. The van der Waals surface area contributed by atoms with E-state index >= 15 is 0 Å². The van der Waals surface area contributed by atoms with Gasteiger partial charge in [-0.25, -0.2) is 0 Å². The predicted octanol–water partition coefficient (Wildman–Crippen LogP) is 30.2. The van der Waals surface area contributed by atoms with Gasteiger partial charge >= 0.3 is 23.9 Å². The van der Waals surface area contributed by atoms with Crippen LogP contribution in [0.4, 0.5) is 68.2 Å². The van der Waals surface area contributed by atoms with E-state index in [0.717, 1.165) is 157 Å². The third-order valence-corrected chi connectivity index (χ3v) is 23.8. The smallest absolute Gasteiger partial charge is 0.308 e. The Balaban J connectivity index is 0.000000191. The first kappa shape index (κ1) is 98.5. The van der Waals surface area contributed by atoms with Crippen LogP contribution in [0.25, 0.3) is 0 Å². The molecule has 0 fully saturated rings. The number of anilines is 12. The van der Waals surface area contributed by atoms with Crippen LogP contribution in [0.5, 0.6) is 0 Å². The number of unbranched alkanes of at least 4 members (excludes halogenated alkanes) is 2. The summed E-state index contributed by atoms with van der Waals surface area (Å²) >= 11 is 0. The Hall–Kier alpha value is -12.3. The molecular weight excluding hydrogens is 1570 g/mol. The van der Waals surface area contributed by atoms with E-state index in [9.17, 15) is 19.2 Å². The lowest BCUT2D eigenvalue weighted by Crippen LogP contribution is -2.15. The maximum atomic E-state index is 11.8. The Morgan fingerprint density at radius 2 is 0.402 bits per heavy atom. The van der Waals surface area contributed by atoms with E-state index in [1.165, 1.54) is 72.3 Å². The lowest BCUT2D eigenvalue weighted by atomic mass is 10.0. The minimum Gasteiger partial charge on any atom is -0.465 e. The molecule has 0 spiro atoms. The summed E-state index contributed by atoms with van der Waals surface area (Å²) in [5.74, 6) is -0.443. The normalized spacial score (nSPS) is 11.8. The molecule has 0 N–H and O–H groups in total. The van der Waals surface area contributed by atoms with Crippen LogP contribution in [0.2, 0.25) is 0 Å². The number of benzene rings is 12. The molecule has 4 unspecified atom stereocenters. The van der Waals surface area contributed by atoms with Gasteiger partial charge in [0.25, 0.3) is 0 Å². The van der Waals surface area contributed by atoms with Crippen molar-refractivity contribution in [2.75, 3.05) is 46.0 Å². The molecule has 0 aliphatic rings. The van der Waals surface area contributed by atoms with Crippen LogP contribution in [0.1, 0.15) is 191 Å². The molecule has 12 heteroatoms. The van der Waals surface area contributed by atoms with E-state index in [2.05, 4.69) is 368 Å². The van der Waals surface area contributed by atoms with Gasteiger partial charge in [0.15, 0.2) is 0 Å². The molecular formula is C115H138N4O8. The molecule has 0 radical (unpaired) electrons. The molecule has 0 aromatic heterocycles. The predicted molar refractivity (Wildman–Crippen MR) is 531 cm³/mol. The molecule has 666 valence electrons. The summed E-state index contributed by atoms with van der Waals surface area (Å²) in [6.07, 6.45) is 11.6. The molecule has 127 heavy (non-hydrogen) atoms. The highest BCUT2D eigenvalue weighted by Gasteiger charge is 2.21. The standard InChI is InChI=1S/2C30H37NO2.C28H33NO2.C27H31NO2/c1-7-21(2)30(32)33-18-8-9-26-12-16-27(17-13-26)31(28-14-10-22(3)24(5)19-28)29-15-11-23(4)25(6)20-29;1-5-25(4)30(32)33-22-8-6-7-9-26-14-20-29(21-15-26)31(27-16-10-23(2)11-17-27)28-18-12-24(3)13-19-28;1-5-23(4)28(30)31-20-6-7-24-12-18-27(19-13-24)29(25-14-8-21(2)9-15-25)26-16-10-22(3)11-17-26;1-5-22(4)27(29)30-19-18-23-10-16-26(17-11-23)28(24-12-6-20(2)7-13-24)25-14-8-21(3)9-15-25/h10-17,19-21H,7-9,18H2,1-6H3;10-21,25H,5-9,22H2,1-4H3;8-19,23H,5-7,20H2,1-4H3;6-17,22H,5,18-19H2,1-4H3. The van der Waals surface area contributed by atoms with E-state index in [4.69, 9.17) is 18.9 Å². The van der Waals surface area contributed by atoms with Gasteiger partial charge in [0, 0.05) is 74.7 Å². The first-order valence-corrected chi connectivity index (χ1v) is 46.0. The number of aryl methyl sites for hydroxylation is 13. The van der Waals surface area contributed by atoms with Gasteiger partial charge in [0.2, 0.25) is 0 Å². The number of rotatable bonds is 37. The van der Waals surface area contributed by atoms with Gasteiger partial charge in [-0.2, -0.15) is 0 Å². The van der Waals surface area contributed by atoms with Crippen molar-refractivity contribution in [3.8, 4) is 0 Å². The number of carbonyl (C=O) groups excluding carboxylic acids is 4. The molecule has 12 aromatic carbocycles. The molecule has 0 heterocycles. The second-order valence-electron chi connectivity index (χ2n) is 34.2. The molecule has 0 aliphatic heterocycles. The number of esters is 4. The number of hydrogen-bond acceptors (Lipinski definition) is 12. The third kappa shape index (κ3) is 30.8. The quantitative estimate of drug-likeness (QED) is 0.0210. The molecule has 0 saturated carbocycles. The molecule has 4 atom stereocenters. The lowest BCUT2D eigenvalue weighted by molar-refractivity contribution is -0.149. The second kappa shape index (κ2) is 50.8. The third-order valence-electron chi connectivity index (χ3n) is 23.8. The topological polar surface area (TPSA) is 118 Å². The first-order chi connectivity index (χ1) is 61.2. The van der Waals surface area contributed by atoms with Crippen molar-refractivity contribution in [3.63, 3.8) is 0 Å². The van der Waals surface area contributed by atoms with Crippen LogP contribution in [0.15, 0.2) is 279 Å². The fourth-order valence-corrected chi connectivity index (χ4v) is 14.1. The highest BCUT2D eigenvalue weighted by molar-refractivity contribution is 5.82. The van der Waals surface area contributed by atoms with Gasteiger partial charge in [0.1, 0.15) is 0 Å². The molecule has 12 aromatic rings. The van der Waals surface area contributed by atoms with Crippen molar-refractivity contribution in [2.45, 2.75) is 208 Å². The average molecular weight is 1700 g/mol. The van der Waals surface area contributed by atoms with Crippen molar-refractivity contribution >= 4 is 92.1 Å². The molecule has 12 rings (SSSR count). The zero-order valence-corrected chi connectivity index (χ0v) is 78.9. The summed E-state index contributed by atoms with van der Waals surface area (Å²) in [7, 11) is 0. The van der Waals surface area contributed by atoms with Crippen molar-refractivity contribution < 1.29 is 38.1 Å². The fraction of sp³-hybridized carbons (Fsp3) is 0.339. The number of ether oxygens (including phenoxy) is 4. The van der Waals surface area contributed by atoms with Crippen LogP contribution >= 0.6 is 0 Å². The summed E-state index contributed by atoms with van der Waals surface area (Å²) in [6.45, 7) is 38.8. The minimum absolute atomic E-state index is 0.00268. The summed E-state index contributed by atoms with van der Waals surface area (Å²) in [4.78, 5) is 56.3. The maximum absolute atomic E-state index is 11.8. The summed E-state index contributed by atoms with van der Waals surface area (Å²) in [5, 5.41) is 0. The van der Waals surface area contributed by atoms with Gasteiger partial charge in [0.05, 0.1) is 50.1 Å². The minimum atomic E-state index is -0.112. The Bertz CT molecular complexity index is 5130. The maximum Gasteiger partial charge on any atom is 0.308 e. The first-order valence-electron chi connectivity index (χ1n) is 46.0. The SMILES string of the molecule is CCC(C)C(=O)OCCCCCc1ccc(N(c2ccc(C)cc2)c2ccc(C)cc2)cc1.CCC(C)C(=O)OCCCc1ccc(N(c2ccc(C)c(C)c2)c2ccc(C)c(C)c2)cc1.CCC(C)C(=O)OCCCc1ccc(N(c2ccc(C)cc2)c2ccc(C)cc2)cc1.CCC(C)C(=O)OCCc1ccc(N(c2ccc(C)cc2)c2ccc(C)cc2)cc1. The van der Waals surface area contributed by atoms with Crippen LogP contribution in [-0.4, -0.2) is 50.3 Å². The average Bonchev–Trinajstić information content (AvgIpc) is 0.846. The second-order valence-corrected chi connectivity index (χ2v) is 34.2. The Labute approximate surface area is 760 Å². The summed E-state index contributed by atoms with van der Waals surface area (Å²) in [5.41, 5.74) is 31.3. The van der Waals surface area contributed by atoms with E-state index in [0.29, 0.717) is 26.4 Å². The molecule has 12 nitrogen and oxygen atoms in total. The van der Waals surface area contributed by atoms with E-state index in [1.54, 1.807) is 0 Å². The molecule has 0 aliphatic carbocycles. The van der Waals surface area contributed by atoms with E-state index in [-0.39, 0.29) is 47.5 Å². The van der Waals surface area contributed by atoms with Crippen LogP contribution in [0.3, 0.4) is 0 Å². The molecule has 0 saturated heterocycles. The number of carbonyl (C=O) groups is 4. The largest absolute Gasteiger partial charge is 0.465 e. The zero-order chi connectivity index (χ0) is 91.3. The van der Waals surface area contributed by atoms with Gasteiger partial charge in [-0.05, 0) is 336 Å². The van der Waals surface area contributed by atoms with Crippen molar-refractivity contribution in [2.24, 2.45) is 23.7 Å². The van der Waals surface area contributed by atoms with Crippen molar-refractivity contribution in [3.05, 3.63) is 357 Å². The van der Waals surface area contributed by atoms with E-state index in [1.807, 2.05) is 55.4 Å². The Morgan fingerprint density at radius 3 is 0.630 bits per heavy atom. The van der Waals surface area contributed by atoms with Gasteiger partial charge < -0.3 is 38.5 Å². The van der Waals surface area contributed by atoms with Crippen molar-refractivity contribution in [1.82, 2.24) is 0 Å². The Morgan fingerprint density at radius 1 is 0.213 bits per heavy atom. The van der Waals surface area contributed by atoms with Gasteiger partial charge in [-0.3, -0.25) is 19.2 Å². The fourth-order valence-electron chi connectivity index (χ4n) is 14.1. The van der Waals surface area contributed by atoms with Crippen LogP contribution < -0.4 is 19.6 Å². The van der Waals surface area contributed by atoms with E-state index < -0.39 is 0 Å². The van der Waals surface area contributed by atoms with Crippen LogP contribution in [-0.2, 0) is 63.8 Å². The number of hydrogen-bond donors (Lipinski definition) is 0. The van der Waals surface area contributed by atoms with Crippen LogP contribution in [0, 0.1) is 92.9 Å². The summed E-state index contributed by atoms with van der Waals surface area (Å²) < 4.78 is 21.5. The van der Waals surface area contributed by atoms with Crippen molar-refractivity contribution in [1.29, 1.82) is 0 Å². The monoisotopic (exact) mass is 1700 g/mol. The summed E-state index contributed by atoms with van der Waals surface area (Å²) in [6, 6.07) is 99.7. The molecule has 0 bridgehead atoms. The highest BCUT2D eigenvalue weighted by atomic mass is 16.5.